The van der Waals surface area contributed by atoms with E-state index in [1.54, 1.807) is 0 Å². The predicted octanol–water partition coefficient (Wildman–Crippen LogP) is 4.25. The molecule has 190 valence electrons. The minimum atomic E-state index is -0.244. The van der Waals surface area contributed by atoms with Crippen molar-refractivity contribution in [1.29, 1.82) is 0 Å². The van der Waals surface area contributed by atoms with Crippen molar-refractivity contribution in [2.75, 3.05) is 13.1 Å². The maximum absolute atomic E-state index is 12.3. The SMILES string of the molecule is CC(CCC(=O)NCCCCN)[C@H]1CCC2C3CCC4C[C@H](O)CC[C@]4(C)C3C[C@H](O)[C@@]21C. The van der Waals surface area contributed by atoms with Crippen molar-refractivity contribution in [1.82, 2.24) is 5.32 Å². The lowest BCUT2D eigenvalue weighted by Gasteiger charge is -2.62. The summed E-state index contributed by atoms with van der Waals surface area (Å²) in [6, 6.07) is 0. The van der Waals surface area contributed by atoms with E-state index >= 15 is 0 Å². The molecule has 0 aromatic heterocycles. The van der Waals surface area contributed by atoms with Gasteiger partial charge in [0.15, 0.2) is 0 Å². The normalized spacial score (nSPS) is 45.6. The average Bonchev–Trinajstić information content (AvgIpc) is 3.15. The van der Waals surface area contributed by atoms with Gasteiger partial charge in [0, 0.05) is 13.0 Å². The van der Waals surface area contributed by atoms with Crippen LogP contribution in [-0.4, -0.2) is 41.4 Å². The molecule has 5 unspecified atom stereocenters. The number of hydrogen-bond donors (Lipinski definition) is 4. The minimum absolute atomic E-state index is 0.0183. The number of fused-ring (bicyclic) bond motifs is 5. The molecule has 10 atom stereocenters. The topological polar surface area (TPSA) is 95.6 Å². The van der Waals surface area contributed by atoms with Crippen LogP contribution >= 0.6 is 0 Å². The van der Waals surface area contributed by atoms with Crippen molar-refractivity contribution in [3.63, 3.8) is 0 Å². The Balaban J connectivity index is 1.40. The first kappa shape index (κ1) is 25.4. The van der Waals surface area contributed by atoms with Crippen LogP contribution in [0.1, 0.15) is 97.8 Å². The van der Waals surface area contributed by atoms with Gasteiger partial charge in [-0.25, -0.2) is 0 Å². The van der Waals surface area contributed by atoms with Gasteiger partial charge in [0.2, 0.25) is 5.91 Å². The standard InChI is InChI=1S/C28H50N2O3/c1-18(6-11-26(33)30-15-5-4-14-29)22-9-10-23-21-8-7-19-16-20(31)12-13-27(19,2)24(21)17-25(32)28(22,23)3/h18-25,31-32H,4-17,29H2,1-3H3,(H,30,33)/t18?,19?,20-,21?,22-,23?,24?,25+,27+,28-/m1/s1. The molecule has 0 aromatic rings. The Morgan fingerprint density at radius 3 is 2.61 bits per heavy atom. The highest BCUT2D eigenvalue weighted by molar-refractivity contribution is 5.75. The number of unbranched alkanes of at least 4 members (excludes halogenated alkanes) is 1. The summed E-state index contributed by atoms with van der Waals surface area (Å²) in [6.45, 7) is 8.60. The Hall–Kier alpha value is -0.650. The molecule has 0 radical (unpaired) electrons. The van der Waals surface area contributed by atoms with Crippen LogP contribution in [0, 0.1) is 46.3 Å². The van der Waals surface area contributed by atoms with E-state index in [2.05, 4.69) is 26.1 Å². The Kier molecular flexibility index (Phi) is 7.82. The van der Waals surface area contributed by atoms with E-state index in [-0.39, 0.29) is 28.9 Å². The molecule has 0 bridgehead atoms. The smallest absolute Gasteiger partial charge is 0.220 e. The molecule has 4 saturated carbocycles. The third-order valence-electron chi connectivity index (χ3n) is 11.3. The largest absolute Gasteiger partial charge is 0.393 e. The molecule has 4 aliphatic carbocycles. The molecule has 0 spiro atoms. The van der Waals surface area contributed by atoms with E-state index in [1.807, 2.05) is 0 Å². The van der Waals surface area contributed by atoms with Crippen molar-refractivity contribution < 1.29 is 15.0 Å². The molecular weight excluding hydrogens is 412 g/mol. The predicted molar refractivity (Wildman–Crippen MR) is 132 cm³/mol. The number of aliphatic hydroxyl groups excluding tert-OH is 2. The fourth-order valence-electron chi connectivity index (χ4n) is 9.31. The van der Waals surface area contributed by atoms with Crippen molar-refractivity contribution in [3.8, 4) is 0 Å². The molecule has 5 heteroatoms. The molecular formula is C28H50N2O3. The van der Waals surface area contributed by atoms with Gasteiger partial charge in [-0.2, -0.15) is 0 Å². The maximum Gasteiger partial charge on any atom is 0.220 e. The zero-order valence-corrected chi connectivity index (χ0v) is 21.4. The van der Waals surface area contributed by atoms with Gasteiger partial charge in [-0.05, 0) is 124 Å². The van der Waals surface area contributed by atoms with Crippen LogP contribution < -0.4 is 11.1 Å². The first-order valence-corrected chi connectivity index (χ1v) is 14.0. The van der Waals surface area contributed by atoms with Crippen LogP contribution in [0.2, 0.25) is 0 Å². The highest BCUT2D eigenvalue weighted by Gasteiger charge is 2.63. The first-order valence-electron chi connectivity index (χ1n) is 14.0. The minimum Gasteiger partial charge on any atom is -0.393 e. The number of nitrogens with two attached hydrogens (primary N) is 1. The quantitative estimate of drug-likeness (QED) is 0.406. The van der Waals surface area contributed by atoms with E-state index in [0.29, 0.717) is 42.6 Å². The van der Waals surface area contributed by atoms with E-state index in [4.69, 9.17) is 5.73 Å². The molecule has 0 aliphatic heterocycles. The van der Waals surface area contributed by atoms with Crippen LogP contribution in [0.4, 0.5) is 0 Å². The van der Waals surface area contributed by atoms with Gasteiger partial charge in [0.1, 0.15) is 0 Å². The van der Waals surface area contributed by atoms with Gasteiger partial charge >= 0.3 is 0 Å². The van der Waals surface area contributed by atoms with E-state index < -0.39 is 0 Å². The summed E-state index contributed by atoms with van der Waals surface area (Å²) >= 11 is 0. The van der Waals surface area contributed by atoms with Crippen LogP contribution in [0.15, 0.2) is 0 Å². The van der Waals surface area contributed by atoms with Crippen molar-refractivity contribution in [2.45, 2.75) is 110 Å². The summed E-state index contributed by atoms with van der Waals surface area (Å²) < 4.78 is 0. The fourth-order valence-corrected chi connectivity index (χ4v) is 9.31. The molecule has 33 heavy (non-hydrogen) atoms. The van der Waals surface area contributed by atoms with Gasteiger partial charge in [-0.3, -0.25) is 4.79 Å². The Bertz CT molecular complexity index is 686. The maximum atomic E-state index is 12.3. The van der Waals surface area contributed by atoms with E-state index in [0.717, 1.165) is 57.4 Å². The van der Waals surface area contributed by atoms with Gasteiger partial charge < -0.3 is 21.3 Å². The van der Waals surface area contributed by atoms with Crippen molar-refractivity contribution >= 4 is 5.91 Å². The zero-order valence-electron chi connectivity index (χ0n) is 21.4. The second kappa shape index (κ2) is 10.1. The number of carbonyl (C=O) groups is 1. The summed E-state index contributed by atoms with van der Waals surface area (Å²) in [5.41, 5.74) is 5.80. The van der Waals surface area contributed by atoms with E-state index in [1.165, 1.54) is 25.7 Å². The summed E-state index contributed by atoms with van der Waals surface area (Å²) in [7, 11) is 0. The van der Waals surface area contributed by atoms with Crippen LogP contribution in [0.25, 0.3) is 0 Å². The highest BCUT2D eigenvalue weighted by atomic mass is 16.3. The lowest BCUT2D eigenvalue weighted by atomic mass is 9.43. The monoisotopic (exact) mass is 462 g/mol. The Morgan fingerprint density at radius 1 is 1.06 bits per heavy atom. The molecule has 5 N–H and O–H groups in total. The van der Waals surface area contributed by atoms with Gasteiger partial charge in [0.25, 0.3) is 0 Å². The number of aliphatic hydroxyl groups is 2. The summed E-state index contributed by atoms with van der Waals surface area (Å²) in [4.78, 5) is 12.3. The lowest BCUT2D eigenvalue weighted by Crippen LogP contribution is -2.58. The van der Waals surface area contributed by atoms with Gasteiger partial charge in [0.05, 0.1) is 12.2 Å². The molecule has 0 saturated heterocycles. The highest BCUT2D eigenvalue weighted by Crippen LogP contribution is 2.68. The van der Waals surface area contributed by atoms with Crippen LogP contribution in [0.3, 0.4) is 0 Å². The second-order valence-corrected chi connectivity index (χ2v) is 12.7. The Labute approximate surface area is 201 Å². The average molecular weight is 463 g/mol. The summed E-state index contributed by atoms with van der Waals surface area (Å²) in [5.74, 6) is 3.67. The molecule has 4 aliphatic rings. The molecule has 4 rings (SSSR count). The number of amides is 1. The summed E-state index contributed by atoms with van der Waals surface area (Å²) in [6.07, 6.45) is 12.0. The van der Waals surface area contributed by atoms with Crippen LogP contribution in [-0.2, 0) is 4.79 Å². The molecule has 1 amide bonds. The fraction of sp³-hybridized carbons (Fsp3) is 0.964. The second-order valence-electron chi connectivity index (χ2n) is 12.7. The number of carbonyl (C=O) groups excluding carboxylic acids is 1. The van der Waals surface area contributed by atoms with Crippen molar-refractivity contribution in [3.05, 3.63) is 0 Å². The molecule has 0 aromatic carbocycles. The van der Waals surface area contributed by atoms with Crippen LogP contribution in [0.5, 0.6) is 0 Å². The third kappa shape index (κ3) is 4.63. The Morgan fingerprint density at radius 2 is 1.85 bits per heavy atom. The number of hydrogen-bond acceptors (Lipinski definition) is 4. The summed E-state index contributed by atoms with van der Waals surface area (Å²) in [5, 5.41) is 25.0. The molecule has 0 heterocycles. The zero-order chi connectivity index (χ0) is 23.8. The number of rotatable bonds is 8. The van der Waals surface area contributed by atoms with Gasteiger partial charge in [-0.15, -0.1) is 0 Å². The molecule has 5 nitrogen and oxygen atoms in total. The first-order chi connectivity index (χ1) is 15.7. The van der Waals surface area contributed by atoms with Crippen molar-refractivity contribution in [2.24, 2.45) is 52.1 Å². The lowest BCUT2D eigenvalue weighted by molar-refractivity contribution is -0.174. The molecule has 4 fully saturated rings. The van der Waals surface area contributed by atoms with Gasteiger partial charge in [-0.1, -0.05) is 20.8 Å². The number of nitrogens with one attached hydrogen (secondary N) is 1. The third-order valence-corrected chi connectivity index (χ3v) is 11.3. The van der Waals surface area contributed by atoms with E-state index in [9.17, 15) is 15.0 Å².